The molecule has 0 unspecified atom stereocenters. The van der Waals surface area contributed by atoms with E-state index in [0.717, 1.165) is 11.4 Å². The monoisotopic (exact) mass is 295 g/mol. The topological polar surface area (TPSA) is 62.3 Å². The SMILES string of the molecule is CC(C)(C)N1C[C@H](C(=O)NCCc2nccs2)CC1=O. The number of likely N-dealkylation sites (tertiary alicyclic amines) is 1. The molecule has 1 atom stereocenters. The zero-order chi connectivity index (χ0) is 14.8. The lowest BCUT2D eigenvalue weighted by Crippen LogP contribution is -2.43. The molecule has 0 saturated carbocycles. The van der Waals surface area contributed by atoms with E-state index in [9.17, 15) is 9.59 Å². The van der Waals surface area contributed by atoms with Crippen LogP contribution in [0.2, 0.25) is 0 Å². The van der Waals surface area contributed by atoms with Crippen molar-refractivity contribution < 1.29 is 9.59 Å². The molecule has 1 aliphatic heterocycles. The summed E-state index contributed by atoms with van der Waals surface area (Å²) in [6.45, 7) is 7.08. The van der Waals surface area contributed by atoms with Crippen molar-refractivity contribution in [3.05, 3.63) is 16.6 Å². The Balaban J connectivity index is 1.80. The maximum Gasteiger partial charge on any atom is 0.225 e. The molecule has 0 spiro atoms. The number of rotatable bonds is 4. The van der Waals surface area contributed by atoms with Crippen molar-refractivity contribution in [1.29, 1.82) is 0 Å². The Morgan fingerprint density at radius 1 is 1.55 bits per heavy atom. The summed E-state index contributed by atoms with van der Waals surface area (Å²) in [5.74, 6) is -0.183. The first-order valence-corrected chi connectivity index (χ1v) is 7.72. The van der Waals surface area contributed by atoms with Gasteiger partial charge in [0.05, 0.1) is 10.9 Å². The lowest BCUT2D eigenvalue weighted by atomic mass is 10.1. The second kappa shape index (κ2) is 5.91. The van der Waals surface area contributed by atoms with Gasteiger partial charge in [0.15, 0.2) is 0 Å². The fourth-order valence-corrected chi connectivity index (χ4v) is 2.97. The smallest absolute Gasteiger partial charge is 0.225 e. The van der Waals surface area contributed by atoms with Gasteiger partial charge in [-0.15, -0.1) is 11.3 Å². The summed E-state index contributed by atoms with van der Waals surface area (Å²) in [5.41, 5.74) is -0.215. The minimum atomic E-state index is -0.224. The van der Waals surface area contributed by atoms with Gasteiger partial charge in [0.25, 0.3) is 0 Å². The Hall–Kier alpha value is -1.43. The van der Waals surface area contributed by atoms with Crippen LogP contribution in [0.5, 0.6) is 0 Å². The van der Waals surface area contributed by atoms with Crippen molar-refractivity contribution in [3.8, 4) is 0 Å². The number of hydrogen-bond acceptors (Lipinski definition) is 4. The minimum Gasteiger partial charge on any atom is -0.355 e. The first kappa shape index (κ1) is 15.0. The molecule has 0 bridgehead atoms. The molecule has 1 fully saturated rings. The highest BCUT2D eigenvalue weighted by atomic mass is 32.1. The van der Waals surface area contributed by atoms with Crippen LogP contribution >= 0.6 is 11.3 Å². The van der Waals surface area contributed by atoms with Gasteiger partial charge >= 0.3 is 0 Å². The van der Waals surface area contributed by atoms with E-state index in [1.54, 1.807) is 22.4 Å². The molecule has 1 aromatic rings. The summed E-state index contributed by atoms with van der Waals surface area (Å²) >= 11 is 1.59. The van der Waals surface area contributed by atoms with Gasteiger partial charge in [0.2, 0.25) is 11.8 Å². The van der Waals surface area contributed by atoms with E-state index in [1.807, 2.05) is 26.2 Å². The van der Waals surface area contributed by atoms with Crippen LogP contribution in [-0.2, 0) is 16.0 Å². The maximum absolute atomic E-state index is 12.1. The van der Waals surface area contributed by atoms with Crippen LogP contribution < -0.4 is 5.32 Å². The van der Waals surface area contributed by atoms with Crippen molar-refractivity contribution in [3.63, 3.8) is 0 Å². The highest BCUT2D eigenvalue weighted by molar-refractivity contribution is 7.09. The Labute approximate surface area is 123 Å². The number of amides is 2. The van der Waals surface area contributed by atoms with Gasteiger partial charge in [-0.3, -0.25) is 9.59 Å². The number of carbonyl (C=O) groups is 2. The Morgan fingerprint density at radius 3 is 2.85 bits per heavy atom. The highest BCUT2D eigenvalue weighted by Gasteiger charge is 2.39. The van der Waals surface area contributed by atoms with Crippen LogP contribution in [-0.4, -0.2) is 40.3 Å². The molecule has 1 aliphatic rings. The van der Waals surface area contributed by atoms with Gasteiger partial charge in [-0.05, 0) is 20.8 Å². The third kappa shape index (κ3) is 3.56. The molecule has 2 amide bonds. The first-order chi connectivity index (χ1) is 9.38. The van der Waals surface area contributed by atoms with E-state index in [-0.39, 0.29) is 23.3 Å². The highest BCUT2D eigenvalue weighted by Crippen LogP contribution is 2.25. The summed E-state index contributed by atoms with van der Waals surface area (Å²) in [5, 5.41) is 5.85. The number of nitrogens with zero attached hydrogens (tertiary/aromatic N) is 2. The Bertz CT molecular complexity index is 479. The van der Waals surface area contributed by atoms with Gasteiger partial charge in [-0.1, -0.05) is 0 Å². The first-order valence-electron chi connectivity index (χ1n) is 6.84. The van der Waals surface area contributed by atoms with E-state index in [2.05, 4.69) is 10.3 Å². The molecule has 1 aromatic heterocycles. The lowest BCUT2D eigenvalue weighted by molar-refractivity contribution is -0.132. The van der Waals surface area contributed by atoms with E-state index >= 15 is 0 Å². The second-order valence-corrected chi connectivity index (χ2v) is 7.02. The normalized spacial score (nSPS) is 19.4. The van der Waals surface area contributed by atoms with Crippen LogP contribution in [0.1, 0.15) is 32.2 Å². The lowest BCUT2D eigenvalue weighted by Gasteiger charge is -2.31. The molecule has 2 rings (SSSR count). The van der Waals surface area contributed by atoms with E-state index < -0.39 is 0 Å². The summed E-state index contributed by atoms with van der Waals surface area (Å²) in [7, 11) is 0. The number of aromatic nitrogens is 1. The summed E-state index contributed by atoms with van der Waals surface area (Å²) in [4.78, 5) is 30.0. The van der Waals surface area contributed by atoms with E-state index in [0.29, 0.717) is 19.5 Å². The van der Waals surface area contributed by atoms with Crippen molar-refractivity contribution in [2.24, 2.45) is 5.92 Å². The van der Waals surface area contributed by atoms with Crippen LogP contribution in [0.4, 0.5) is 0 Å². The molecular formula is C14H21N3O2S. The van der Waals surface area contributed by atoms with Gasteiger partial charge in [0.1, 0.15) is 0 Å². The third-order valence-electron chi connectivity index (χ3n) is 3.43. The molecule has 1 saturated heterocycles. The fourth-order valence-electron chi connectivity index (χ4n) is 2.34. The Kier molecular flexibility index (Phi) is 4.42. The number of hydrogen-bond donors (Lipinski definition) is 1. The average molecular weight is 295 g/mol. The van der Waals surface area contributed by atoms with Gasteiger partial charge in [-0.25, -0.2) is 4.98 Å². The van der Waals surface area contributed by atoms with Crippen molar-refractivity contribution >= 4 is 23.2 Å². The predicted molar refractivity (Wildman–Crippen MR) is 78.4 cm³/mol. The fraction of sp³-hybridized carbons (Fsp3) is 0.643. The van der Waals surface area contributed by atoms with Crippen molar-refractivity contribution in [2.75, 3.05) is 13.1 Å². The zero-order valence-electron chi connectivity index (χ0n) is 12.2. The number of thiazole rings is 1. The van der Waals surface area contributed by atoms with E-state index in [1.165, 1.54) is 0 Å². The van der Waals surface area contributed by atoms with Crippen LogP contribution in [0.3, 0.4) is 0 Å². The van der Waals surface area contributed by atoms with Crippen molar-refractivity contribution in [1.82, 2.24) is 15.2 Å². The molecule has 0 aliphatic carbocycles. The third-order valence-corrected chi connectivity index (χ3v) is 4.27. The molecular weight excluding hydrogens is 274 g/mol. The molecule has 0 aromatic carbocycles. The van der Waals surface area contributed by atoms with Crippen LogP contribution in [0.25, 0.3) is 0 Å². The largest absolute Gasteiger partial charge is 0.355 e. The molecule has 0 radical (unpaired) electrons. The predicted octanol–water partition coefficient (Wildman–Crippen LogP) is 1.45. The second-order valence-electron chi connectivity index (χ2n) is 6.04. The van der Waals surface area contributed by atoms with Crippen LogP contribution in [0.15, 0.2) is 11.6 Å². The maximum atomic E-state index is 12.1. The molecule has 6 heteroatoms. The number of nitrogens with one attached hydrogen (secondary N) is 1. The summed E-state index contributed by atoms with van der Waals surface area (Å²) < 4.78 is 0. The van der Waals surface area contributed by atoms with Gasteiger partial charge in [0, 0.05) is 43.0 Å². The standard InChI is InChI=1S/C14H21N3O2S/c1-14(2,3)17-9-10(8-12(17)18)13(19)16-5-4-11-15-6-7-20-11/h6-7,10H,4-5,8-9H2,1-3H3,(H,16,19)/t10-/m1/s1. The average Bonchev–Trinajstić information content (AvgIpc) is 2.97. The molecule has 110 valence electrons. The molecule has 1 N–H and O–H groups in total. The van der Waals surface area contributed by atoms with Gasteiger partial charge < -0.3 is 10.2 Å². The number of carbonyl (C=O) groups excluding carboxylic acids is 2. The molecule has 20 heavy (non-hydrogen) atoms. The quantitative estimate of drug-likeness (QED) is 0.914. The zero-order valence-corrected chi connectivity index (χ0v) is 13.0. The van der Waals surface area contributed by atoms with E-state index in [4.69, 9.17) is 0 Å². The minimum absolute atomic E-state index is 0.0262. The summed E-state index contributed by atoms with van der Waals surface area (Å²) in [6, 6.07) is 0. The Morgan fingerprint density at radius 2 is 2.30 bits per heavy atom. The van der Waals surface area contributed by atoms with Crippen LogP contribution in [0, 0.1) is 5.92 Å². The molecule has 5 nitrogen and oxygen atoms in total. The molecule has 2 heterocycles. The van der Waals surface area contributed by atoms with Gasteiger partial charge in [-0.2, -0.15) is 0 Å². The van der Waals surface area contributed by atoms with Crippen molar-refractivity contribution in [2.45, 2.75) is 39.2 Å². The summed E-state index contributed by atoms with van der Waals surface area (Å²) in [6.07, 6.45) is 2.83.